The number of aryl methyl sites for hydroxylation is 3. The van der Waals surface area contributed by atoms with E-state index in [1.54, 1.807) is 23.5 Å². The van der Waals surface area contributed by atoms with Gasteiger partial charge in [0, 0.05) is 118 Å². The van der Waals surface area contributed by atoms with Crippen LogP contribution in [0.1, 0.15) is 84.0 Å². The predicted octanol–water partition coefficient (Wildman–Crippen LogP) is 18.1. The number of carbonyl (C=O) groups excluding carboxylic acids is 2. The van der Waals surface area contributed by atoms with Gasteiger partial charge >= 0.3 is 0 Å². The number of thiophene rings is 2. The number of carbonyl (C=O) groups is 2. The number of benzene rings is 4. The van der Waals surface area contributed by atoms with Gasteiger partial charge in [-0.1, -0.05) is 107 Å². The van der Waals surface area contributed by atoms with Crippen molar-refractivity contribution in [3.05, 3.63) is 186 Å². The first kappa shape index (κ1) is 61.6. The number of hydrogen-bond donors (Lipinski definition) is 2. The Morgan fingerprint density at radius 3 is 1.83 bits per heavy atom. The molecule has 0 aliphatic heterocycles. The Morgan fingerprint density at radius 2 is 1.27 bits per heavy atom. The first-order valence-corrected chi connectivity index (χ1v) is 26.9. The molecule has 0 saturated carbocycles. The van der Waals surface area contributed by atoms with E-state index in [4.69, 9.17) is 9.52 Å². The zero-order valence-corrected chi connectivity index (χ0v) is 51.0. The first-order valence-electron chi connectivity index (χ1n) is 25.2. The summed E-state index contributed by atoms with van der Waals surface area (Å²) in [6.07, 6.45) is 9.91. The van der Waals surface area contributed by atoms with E-state index in [1.807, 2.05) is 88.7 Å². The van der Waals surface area contributed by atoms with Gasteiger partial charge < -0.3 is 24.6 Å². The molecule has 0 bridgehead atoms. The first-order chi connectivity index (χ1) is 36.1. The molecule has 13 heteroatoms. The molecule has 0 atom stereocenters. The quantitative estimate of drug-likeness (QED) is 0.0704. The van der Waals surface area contributed by atoms with Crippen LogP contribution >= 0.6 is 22.7 Å². The van der Waals surface area contributed by atoms with Crippen molar-refractivity contribution in [3.63, 3.8) is 0 Å². The van der Waals surface area contributed by atoms with Gasteiger partial charge in [-0.3, -0.25) is 9.59 Å². The Labute approximate surface area is 486 Å². The average molecular weight is 1420 g/mol. The molecule has 0 spiro atoms. The summed E-state index contributed by atoms with van der Waals surface area (Å²) in [6.45, 7) is 17.1. The van der Waals surface area contributed by atoms with Crippen molar-refractivity contribution >= 4 is 76.5 Å². The summed E-state index contributed by atoms with van der Waals surface area (Å²) >= 11 is 3.47. The summed E-state index contributed by atoms with van der Waals surface area (Å²) < 4.78 is 21.7. The van der Waals surface area contributed by atoms with Crippen LogP contribution in [0.2, 0.25) is 0 Å². The number of aromatic nitrogens is 3. The zero-order chi connectivity index (χ0) is 53.8. The van der Waals surface area contributed by atoms with Gasteiger partial charge in [-0.25, -0.2) is 9.37 Å². The van der Waals surface area contributed by atoms with Gasteiger partial charge in [0.2, 0.25) is 5.71 Å². The van der Waals surface area contributed by atoms with Crippen LogP contribution in [0.25, 0.3) is 85.6 Å². The summed E-state index contributed by atoms with van der Waals surface area (Å²) in [4.78, 5) is 37.9. The van der Waals surface area contributed by atoms with Gasteiger partial charge in [-0.05, 0) is 105 Å². The fourth-order valence-corrected chi connectivity index (χ4v) is 10.8. The van der Waals surface area contributed by atoms with Crippen molar-refractivity contribution in [2.45, 2.75) is 88.0 Å². The second-order valence-electron chi connectivity index (χ2n) is 18.5. The number of halogens is 1. The Hall–Kier alpha value is -6.30. The number of aliphatic hydroxyl groups is 2. The van der Waals surface area contributed by atoms with E-state index in [2.05, 4.69) is 102 Å². The second-order valence-corrected chi connectivity index (χ2v) is 20.6. The van der Waals surface area contributed by atoms with Crippen molar-refractivity contribution in [1.82, 2.24) is 15.0 Å². The van der Waals surface area contributed by atoms with Crippen LogP contribution in [-0.2, 0) is 49.8 Å². The Balaban J connectivity index is 0.000000208. The molecule has 4 aromatic carbocycles. The van der Waals surface area contributed by atoms with Gasteiger partial charge in [-0.15, -0.1) is 75.8 Å². The van der Waals surface area contributed by atoms with Crippen molar-refractivity contribution in [2.75, 3.05) is 0 Å². The maximum absolute atomic E-state index is 13.3. The van der Waals surface area contributed by atoms with Crippen LogP contribution < -0.4 is 0 Å². The molecule has 0 unspecified atom stereocenters. The smallest absolute Gasteiger partial charge is 0.216 e. The summed E-state index contributed by atoms with van der Waals surface area (Å²) in [5, 5.41) is 22.4. The average Bonchev–Trinajstić information content (AvgIpc) is 4.13. The Morgan fingerprint density at radius 1 is 0.688 bits per heavy atom. The molecule has 77 heavy (non-hydrogen) atoms. The van der Waals surface area contributed by atoms with Crippen LogP contribution in [-0.4, -0.2) is 36.7 Å². The number of rotatable bonds is 12. The zero-order valence-electron chi connectivity index (χ0n) is 44.6. The van der Waals surface area contributed by atoms with Crippen LogP contribution in [0.15, 0.2) is 156 Å². The van der Waals surface area contributed by atoms with Gasteiger partial charge in [0.05, 0.1) is 17.1 Å². The molecule has 6 heterocycles. The number of pyridine rings is 3. The van der Waals surface area contributed by atoms with Gasteiger partial charge in [0.1, 0.15) is 5.82 Å². The fraction of sp³-hybridized carbons (Fsp3) is 0.234. The van der Waals surface area contributed by atoms with Crippen molar-refractivity contribution < 1.29 is 68.8 Å². The third-order valence-electron chi connectivity index (χ3n) is 12.6. The largest absolute Gasteiger partial charge is 0.512 e. The van der Waals surface area contributed by atoms with Gasteiger partial charge in [0.15, 0.2) is 11.6 Å². The van der Waals surface area contributed by atoms with E-state index in [0.717, 1.165) is 96.3 Å². The van der Waals surface area contributed by atoms with Crippen LogP contribution in [0, 0.1) is 50.6 Å². The van der Waals surface area contributed by atoms with Crippen molar-refractivity contribution in [3.8, 4) is 43.4 Å². The SMILES string of the molecule is CC(=O)C=C(C)O.CCC(CC)C(=O)C=C(O)C(CC)CC.Cc1[c-]c(-c2cc3sc(-c4ccccc4)cc3cn2)cc(C)c1.Cc1ccc2c(n1)oc1c(-c3cc4sc(-c5ccc(F)cc5)cc4cn3)[c-]ccc12.[Ir].[Ir]. The molecule has 6 aromatic heterocycles. The molecule has 402 valence electrons. The Kier molecular flexibility index (Phi) is 23.1. The van der Waals surface area contributed by atoms with Gasteiger partial charge in [0.25, 0.3) is 0 Å². The number of nitrogens with zero attached hydrogens (tertiary/aromatic N) is 3. The second kappa shape index (κ2) is 28.9. The monoisotopic (exact) mass is 1420 g/mol. The molecule has 0 aliphatic rings. The van der Waals surface area contributed by atoms with E-state index in [9.17, 15) is 19.1 Å². The minimum Gasteiger partial charge on any atom is -0.512 e. The van der Waals surface area contributed by atoms with E-state index in [0.29, 0.717) is 5.71 Å². The maximum atomic E-state index is 13.3. The topological polar surface area (TPSA) is 126 Å². The minimum absolute atomic E-state index is 0. The standard InChI is InChI=1S/C25H14FN2OS.C21H16NS.C13H24O2.C5H8O2.2Ir/c1-14-5-10-19-18-3-2-4-20(24(18)29-25(19)28-14)21-12-23-16(13-27-21)11-22(30-23)15-6-8-17(26)9-7-15;1-14-8-15(2)10-17(9-14)19-12-21-18(13-22-19)11-20(23-21)16-6-4-3-5-7-16;1-5-10(6-2)12(14)9-13(15)11(7-3)8-4;1-4(6)3-5(2)7;;/h2-3,5-13H,1H3;3-9,11-13H,1-2H3;9-11,14H,5-8H2,1-4H3;3,6H,1-2H3;;/q2*-1;;;;. The van der Waals surface area contributed by atoms with Crippen LogP contribution in [0.3, 0.4) is 0 Å². The molecule has 0 saturated heterocycles. The molecular formula is C64H62FIr2N3O5S2-2. The predicted molar refractivity (Wildman–Crippen MR) is 309 cm³/mol. The van der Waals surface area contributed by atoms with Crippen molar-refractivity contribution in [2.24, 2.45) is 11.8 Å². The maximum Gasteiger partial charge on any atom is 0.216 e. The number of ketones is 2. The third kappa shape index (κ3) is 16.1. The molecule has 10 aromatic rings. The van der Waals surface area contributed by atoms with Crippen molar-refractivity contribution in [1.29, 1.82) is 0 Å². The molecule has 10 rings (SSSR count). The summed E-state index contributed by atoms with van der Waals surface area (Å²) in [5.41, 5.74) is 10.6. The molecule has 0 amide bonds. The molecule has 2 N–H and O–H groups in total. The number of hydrogen-bond acceptors (Lipinski definition) is 10. The Bertz CT molecular complexity index is 3630. The molecule has 0 fully saturated rings. The van der Waals surface area contributed by atoms with E-state index in [1.165, 1.54) is 64.2 Å². The number of aliphatic hydroxyl groups excluding tert-OH is 2. The molecule has 8 nitrogen and oxygen atoms in total. The van der Waals surface area contributed by atoms with E-state index >= 15 is 0 Å². The number of allylic oxidation sites excluding steroid dienone is 4. The summed E-state index contributed by atoms with van der Waals surface area (Å²) in [5.74, 6) is 0.251. The normalized spacial score (nSPS) is 11.3. The van der Waals surface area contributed by atoms with E-state index < -0.39 is 0 Å². The molecule has 0 aliphatic carbocycles. The van der Waals surface area contributed by atoms with Crippen LogP contribution in [0.4, 0.5) is 4.39 Å². The molecule has 2 radical (unpaired) electrons. The fourth-order valence-electron chi connectivity index (χ4n) is 8.66. The number of fused-ring (bicyclic) bond motifs is 5. The van der Waals surface area contributed by atoms with E-state index in [-0.39, 0.29) is 80.9 Å². The minimum atomic E-state index is -0.233. The van der Waals surface area contributed by atoms with Gasteiger partial charge in [-0.2, -0.15) is 0 Å². The van der Waals surface area contributed by atoms with Crippen LogP contribution in [0.5, 0.6) is 0 Å². The third-order valence-corrected chi connectivity index (χ3v) is 14.9. The number of furan rings is 1. The summed E-state index contributed by atoms with van der Waals surface area (Å²) in [7, 11) is 0. The summed E-state index contributed by atoms with van der Waals surface area (Å²) in [6, 6.07) is 44.5. The molecular weight excluding hydrogens is 1360 g/mol.